The van der Waals surface area contributed by atoms with E-state index in [2.05, 4.69) is 0 Å². The van der Waals surface area contributed by atoms with Gasteiger partial charge in [-0.1, -0.05) is 0 Å². The van der Waals surface area contributed by atoms with E-state index in [-0.39, 0.29) is 0 Å². The number of rotatable bonds is 5. The highest BCUT2D eigenvalue weighted by atomic mass is 32.2. The van der Waals surface area contributed by atoms with Crippen LogP contribution in [-0.2, 0) is 9.47 Å². The summed E-state index contributed by atoms with van der Waals surface area (Å²) in [6, 6.07) is 0. The number of ether oxygens (including phenoxy) is 2. The number of aliphatic hydroxyl groups is 1. The van der Waals surface area contributed by atoms with Crippen LogP contribution in [0.3, 0.4) is 0 Å². The Hall–Kier alpha value is 0.230. The predicted molar refractivity (Wildman–Crippen MR) is 54.2 cm³/mol. The summed E-state index contributed by atoms with van der Waals surface area (Å²) in [5, 5.41) is 9.99. The zero-order valence-electron chi connectivity index (χ0n) is 8.12. The van der Waals surface area contributed by atoms with Crippen molar-refractivity contribution in [1.82, 2.24) is 0 Å². The van der Waals surface area contributed by atoms with Gasteiger partial charge in [0.1, 0.15) is 0 Å². The lowest BCUT2D eigenvalue weighted by atomic mass is 9.98. The minimum absolute atomic E-state index is 0.455. The third kappa shape index (κ3) is 4.31. The van der Waals surface area contributed by atoms with E-state index in [4.69, 9.17) is 9.47 Å². The highest BCUT2D eigenvalue weighted by Crippen LogP contribution is 2.26. The summed E-state index contributed by atoms with van der Waals surface area (Å²) >= 11 is 1.90. The molecule has 0 aromatic carbocycles. The Morgan fingerprint density at radius 3 is 2.62 bits per heavy atom. The predicted octanol–water partition coefficient (Wildman–Crippen LogP) is 0.908. The molecule has 1 aliphatic rings. The molecule has 0 bridgehead atoms. The molecule has 0 unspecified atom stereocenters. The lowest BCUT2D eigenvalue weighted by Crippen LogP contribution is -2.38. The van der Waals surface area contributed by atoms with Crippen LogP contribution in [0.25, 0.3) is 0 Å². The van der Waals surface area contributed by atoms with Crippen molar-refractivity contribution >= 4 is 11.8 Å². The van der Waals surface area contributed by atoms with Crippen molar-refractivity contribution in [3.63, 3.8) is 0 Å². The maximum atomic E-state index is 9.99. The van der Waals surface area contributed by atoms with Crippen molar-refractivity contribution in [3.05, 3.63) is 0 Å². The maximum absolute atomic E-state index is 9.99. The number of hydrogen-bond acceptors (Lipinski definition) is 4. The van der Waals surface area contributed by atoms with Gasteiger partial charge in [0.25, 0.3) is 0 Å². The zero-order chi connectivity index (χ0) is 9.57. The van der Waals surface area contributed by atoms with Gasteiger partial charge < -0.3 is 14.6 Å². The Labute approximate surface area is 83.8 Å². The summed E-state index contributed by atoms with van der Waals surface area (Å²) in [5.41, 5.74) is -0.570. The van der Waals surface area contributed by atoms with Gasteiger partial charge in [0.15, 0.2) is 0 Å². The largest absolute Gasteiger partial charge is 0.387 e. The summed E-state index contributed by atoms with van der Waals surface area (Å²) in [6.45, 7) is 1.63. The molecular formula is C9H18O3S. The molecule has 0 atom stereocenters. The van der Waals surface area contributed by atoms with E-state index in [1.54, 1.807) is 7.11 Å². The third-order valence-corrected chi connectivity index (χ3v) is 3.21. The Morgan fingerprint density at radius 2 is 2.00 bits per heavy atom. The number of hydrogen-bond donors (Lipinski definition) is 1. The Balaban J connectivity index is 2.10. The molecule has 1 rings (SSSR count). The van der Waals surface area contributed by atoms with Crippen LogP contribution in [-0.4, -0.2) is 49.1 Å². The van der Waals surface area contributed by atoms with Gasteiger partial charge in [-0.2, -0.15) is 11.8 Å². The van der Waals surface area contributed by atoms with Crippen molar-refractivity contribution in [3.8, 4) is 0 Å². The molecule has 0 aromatic rings. The minimum Gasteiger partial charge on any atom is -0.387 e. The van der Waals surface area contributed by atoms with Crippen LogP contribution < -0.4 is 0 Å². The van der Waals surface area contributed by atoms with Crippen LogP contribution in [0.2, 0.25) is 0 Å². The molecule has 1 saturated heterocycles. The van der Waals surface area contributed by atoms with E-state index in [9.17, 15) is 5.11 Å². The molecule has 0 aliphatic carbocycles. The topological polar surface area (TPSA) is 38.7 Å². The van der Waals surface area contributed by atoms with Gasteiger partial charge >= 0.3 is 0 Å². The first kappa shape index (κ1) is 11.3. The number of thioether (sulfide) groups is 1. The highest BCUT2D eigenvalue weighted by molar-refractivity contribution is 7.99. The molecule has 4 heteroatoms. The van der Waals surface area contributed by atoms with Gasteiger partial charge in [-0.3, -0.25) is 0 Å². The number of methoxy groups -OCH3 is 1. The van der Waals surface area contributed by atoms with E-state index in [1.165, 1.54) is 0 Å². The molecular weight excluding hydrogens is 188 g/mol. The fourth-order valence-electron chi connectivity index (χ4n) is 1.30. The second-order valence-corrected chi connectivity index (χ2v) is 4.61. The molecule has 0 saturated carbocycles. The summed E-state index contributed by atoms with van der Waals surface area (Å²) in [4.78, 5) is 0. The van der Waals surface area contributed by atoms with Crippen LogP contribution in [0.1, 0.15) is 12.8 Å². The molecule has 1 heterocycles. The lowest BCUT2D eigenvalue weighted by Gasteiger charge is -2.31. The monoisotopic (exact) mass is 206 g/mol. The molecule has 3 nitrogen and oxygen atoms in total. The molecule has 78 valence electrons. The molecule has 0 aromatic heterocycles. The fraction of sp³-hybridized carbons (Fsp3) is 1.00. The minimum atomic E-state index is -0.570. The second-order valence-electron chi connectivity index (χ2n) is 3.38. The molecule has 1 N–H and O–H groups in total. The van der Waals surface area contributed by atoms with Gasteiger partial charge in [-0.25, -0.2) is 0 Å². The van der Waals surface area contributed by atoms with Crippen LogP contribution in [0.5, 0.6) is 0 Å². The van der Waals surface area contributed by atoms with Crippen LogP contribution in [0.4, 0.5) is 0 Å². The van der Waals surface area contributed by atoms with Gasteiger partial charge in [-0.15, -0.1) is 0 Å². The summed E-state index contributed by atoms with van der Waals surface area (Å²) in [6.07, 6.45) is 1.70. The molecule has 0 radical (unpaired) electrons. The normalized spacial score (nSPS) is 21.7. The molecule has 1 aliphatic heterocycles. The Morgan fingerprint density at radius 1 is 1.31 bits per heavy atom. The van der Waals surface area contributed by atoms with Crippen molar-refractivity contribution in [1.29, 1.82) is 0 Å². The van der Waals surface area contributed by atoms with Crippen molar-refractivity contribution in [2.75, 3.05) is 38.4 Å². The SMILES string of the molecule is COCCOCC1(O)CCSCC1. The molecule has 0 spiro atoms. The van der Waals surface area contributed by atoms with E-state index in [1.807, 2.05) is 11.8 Å². The van der Waals surface area contributed by atoms with E-state index in [0.29, 0.717) is 19.8 Å². The van der Waals surface area contributed by atoms with Gasteiger partial charge in [0.05, 0.1) is 25.4 Å². The van der Waals surface area contributed by atoms with Crippen LogP contribution in [0.15, 0.2) is 0 Å². The highest BCUT2D eigenvalue weighted by Gasteiger charge is 2.29. The van der Waals surface area contributed by atoms with E-state index in [0.717, 1.165) is 24.3 Å². The van der Waals surface area contributed by atoms with Crippen molar-refractivity contribution in [2.24, 2.45) is 0 Å². The van der Waals surface area contributed by atoms with Gasteiger partial charge in [-0.05, 0) is 24.3 Å². The molecule has 0 amide bonds. The first-order valence-electron chi connectivity index (χ1n) is 4.64. The first-order valence-corrected chi connectivity index (χ1v) is 5.79. The third-order valence-electron chi connectivity index (χ3n) is 2.23. The Kier molecular flexibility index (Phi) is 5.09. The zero-order valence-corrected chi connectivity index (χ0v) is 8.94. The fourth-order valence-corrected chi connectivity index (χ4v) is 2.55. The smallest absolute Gasteiger partial charge is 0.0895 e. The average Bonchev–Trinajstić information content (AvgIpc) is 2.14. The second kappa shape index (κ2) is 5.86. The maximum Gasteiger partial charge on any atom is 0.0895 e. The van der Waals surface area contributed by atoms with Gasteiger partial charge in [0.2, 0.25) is 0 Å². The lowest BCUT2D eigenvalue weighted by molar-refractivity contribution is -0.0595. The standard InChI is InChI=1S/C9H18O3S/c1-11-4-5-12-8-9(10)2-6-13-7-3-9/h10H,2-8H2,1H3. The molecule has 1 fully saturated rings. The van der Waals surface area contributed by atoms with Crippen molar-refractivity contribution < 1.29 is 14.6 Å². The quantitative estimate of drug-likeness (QED) is 0.679. The first-order chi connectivity index (χ1) is 6.27. The van der Waals surface area contributed by atoms with Crippen molar-refractivity contribution in [2.45, 2.75) is 18.4 Å². The average molecular weight is 206 g/mol. The Bertz CT molecular complexity index is 135. The van der Waals surface area contributed by atoms with Crippen LogP contribution >= 0.6 is 11.8 Å². The molecule has 13 heavy (non-hydrogen) atoms. The van der Waals surface area contributed by atoms with Gasteiger partial charge in [0, 0.05) is 7.11 Å². The van der Waals surface area contributed by atoms with E-state index < -0.39 is 5.60 Å². The summed E-state index contributed by atoms with van der Waals surface area (Å²) < 4.78 is 10.2. The van der Waals surface area contributed by atoms with E-state index >= 15 is 0 Å². The van der Waals surface area contributed by atoms with Crippen LogP contribution in [0, 0.1) is 0 Å². The summed E-state index contributed by atoms with van der Waals surface area (Å²) in [5.74, 6) is 2.09. The summed E-state index contributed by atoms with van der Waals surface area (Å²) in [7, 11) is 1.65.